The third-order valence-corrected chi connectivity index (χ3v) is 3.37. The average molecular weight is 205 g/mol. The van der Waals surface area contributed by atoms with Gasteiger partial charge < -0.3 is 10.8 Å². The van der Waals surface area contributed by atoms with E-state index < -0.39 is 6.10 Å². The molecule has 0 heterocycles. The smallest absolute Gasteiger partial charge is 0.0914 e. The molecule has 82 valence electrons. The zero-order chi connectivity index (χ0) is 10.7. The molecule has 1 saturated carbocycles. The van der Waals surface area contributed by atoms with Gasteiger partial charge >= 0.3 is 0 Å². The van der Waals surface area contributed by atoms with Crippen LogP contribution in [0.2, 0.25) is 0 Å². The summed E-state index contributed by atoms with van der Waals surface area (Å²) < 4.78 is 0. The topological polar surface area (TPSA) is 46.2 Å². The molecule has 2 nitrogen and oxygen atoms in total. The van der Waals surface area contributed by atoms with Crippen LogP contribution in [0.3, 0.4) is 0 Å². The number of benzene rings is 1. The minimum Gasteiger partial charge on any atom is -0.387 e. The van der Waals surface area contributed by atoms with Crippen LogP contribution in [0.1, 0.15) is 48.8 Å². The van der Waals surface area contributed by atoms with E-state index in [1.54, 1.807) is 0 Å². The van der Waals surface area contributed by atoms with E-state index in [1.807, 2.05) is 12.1 Å². The molecule has 0 bridgehead atoms. The van der Waals surface area contributed by atoms with E-state index >= 15 is 0 Å². The maximum atomic E-state index is 9.85. The van der Waals surface area contributed by atoms with Gasteiger partial charge in [0.05, 0.1) is 6.10 Å². The molecular formula is C13H19NO. The number of aliphatic hydroxyl groups excluding tert-OH is 1. The minimum absolute atomic E-state index is 0.309. The Labute approximate surface area is 91.1 Å². The van der Waals surface area contributed by atoms with Crippen LogP contribution in [0.15, 0.2) is 24.3 Å². The molecule has 1 aromatic carbocycles. The molecule has 3 N–H and O–H groups in total. The lowest BCUT2D eigenvalue weighted by atomic mass is 9.90. The maximum Gasteiger partial charge on any atom is 0.0914 e. The Morgan fingerprint density at radius 3 is 2.60 bits per heavy atom. The molecule has 1 aliphatic rings. The van der Waals surface area contributed by atoms with Gasteiger partial charge in [-0.1, -0.05) is 37.1 Å². The van der Waals surface area contributed by atoms with Crippen LogP contribution in [0.5, 0.6) is 0 Å². The summed E-state index contributed by atoms with van der Waals surface area (Å²) >= 11 is 0. The second-order valence-corrected chi connectivity index (χ2v) is 4.36. The minimum atomic E-state index is -0.498. The first kappa shape index (κ1) is 10.7. The lowest BCUT2D eigenvalue weighted by Gasteiger charge is -2.18. The van der Waals surface area contributed by atoms with E-state index in [0.29, 0.717) is 12.5 Å². The van der Waals surface area contributed by atoms with Crippen LogP contribution in [0.4, 0.5) is 0 Å². The van der Waals surface area contributed by atoms with E-state index in [-0.39, 0.29) is 0 Å². The fourth-order valence-corrected chi connectivity index (χ4v) is 2.55. The Bertz CT molecular complexity index is 318. The summed E-state index contributed by atoms with van der Waals surface area (Å²) in [6.07, 6.45) is 4.65. The molecule has 0 amide bonds. The predicted octanol–water partition coefficient (Wildman–Crippen LogP) is 2.34. The number of rotatable bonds is 3. The maximum absolute atomic E-state index is 9.85. The predicted molar refractivity (Wildman–Crippen MR) is 61.7 cm³/mol. The summed E-state index contributed by atoms with van der Waals surface area (Å²) in [5.41, 5.74) is 7.87. The Balaban J connectivity index is 2.28. The van der Waals surface area contributed by atoms with Crippen LogP contribution in [-0.2, 0) is 0 Å². The van der Waals surface area contributed by atoms with Gasteiger partial charge in [-0.15, -0.1) is 0 Å². The van der Waals surface area contributed by atoms with E-state index in [0.717, 1.165) is 5.56 Å². The second kappa shape index (κ2) is 4.77. The van der Waals surface area contributed by atoms with Crippen molar-refractivity contribution >= 4 is 0 Å². The van der Waals surface area contributed by atoms with Crippen LogP contribution in [-0.4, -0.2) is 11.7 Å². The summed E-state index contributed by atoms with van der Waals surface area (Å²) in [7, 11) is 0. The largest absolute Gasteiger partial charge is 0.387 e. The van der Waals surface area contributed by atoms with Crippen molar-refractivity contribution in [3.63, 3.8) is 0 Å². The number of hydrogen-bond donors (Lipinski definition) is 2. The van der Waals surface area contributed by atoms with Crippen LogP contribution < -0.4 is 5.73 Å². The van der Waals surface area contributed by atoms with E-state index in [4.69, 9.17) is 5.73 Å². The normalized spacial score (nSPS) is 19.3. The summed E-state index contributed by atoms with van der Waals surface area (Å²) in [5.74, 6) is 0.641. The molecule has 1 atom stereocenters. The number of nitrogens with two attached hydrogens (primary N) is 1. The first-order chi connectivity index (χ1) is 7.33. The van der Waals surface area contributed by atoms with Crippen molar-refractivity contribution < 1.29 is 5.11 Å². The van der Waals surface area contributed by atoms with Gasteiger partial charge in [0.25, 0.3) is 0 Å². The van der Waals surface area contributed by atoms with Crippen molar-refractivity contribution in [1.82, 2.24) is 0 Å². The molecule has 2 heteroatoms. The molecule has 0 aliphatic heterocycles. The third kappa shape index (κ3) is 2.21. The average Bonchev–Trinajstić information content (AvgIpc) is 2.81. The summed E-state index contributed by atoms with van der Waals surface area (Å²) in [4.78, 5) is 0. The third-order valence-electron chi connectivity index (χ3n) is 3.37. The van der Waals surface area contributed by atoms with Gasteiger partial charge in [0, 0.05) is 6.54 Å². The van der Waals surface area contributed by atoms with E-state index in [2.05, 4.69) is 12.1 Å². The molecule has 2 rings (SSSR count). The fraction of sp³-hybridized carbons (Fsp3) is 0.538. The molecule has 0 radical (unpaired) electrons. The Morgan fingerprint density at radius 1 is 1.27 bits per heavy atom. The molecule has 0 spiro atoms. The van der Waals surface area contributed by atoms with Gasteiger partial charge in [0.1, 0.15) is 0 Å². The standard InChI is InChI=1S/C13H19NO/c14-9-13(15)12-8-4-3-7-11(12)10-5-1-2-6-10/h3-4,7-8,10,13,15H,1-2,5-6,9,14H2. The highest BCUT2D eigenvalue weighted by atomic mass is 16.3. The Kier molecular flexibility index (Phi) is 3.39. The zero-order valence-electron chi connectivity index (χ0n) is 9.02. The molecule has 1 aromatic rings. The van der Waals surface area contributed by atoms with Gasteiger partial charge in [-0.25, -0.2) is 0 Å². The zero-order valence-corrected chi connectivity index (χ0v) is 9.02. The molecule has 1 fully saturated rings. The first-order valence-corrected chi connectivity index (χ1v) is 5.80. The summed E-state index contributed by atoms with van der Waals surface area (Å²) in [5, 5.41) is 9.85. The molecule has 0 aromatic heterocycles. The van der Waals surface area contributed by atoms with Crippen LogP contribution in [0, 0.1) is 0 Å². The van der Waals surface area contributed by atoms with Crippen LogP contribution in [0.25, 0.3) is 0 Å². The highest BCUT2D eigenvalue weighted by molar-refractivity contribution is 5.32. The van der Waals surface area contributed by atoms with Crippen molar-refractivity contribution in [2.45, 2.75) is 37.7 Å². The Morgan fingerprint density at radius 2 is 1.93 bits per heavy atom. The Hall–Kier alpha value is -0.860. The highest BCUT2D eigenvalue weighted by Gasteiger charge is 2.21. The van der Waals surface area contributed by atoms with Gasteiger partial charge in [0.15, 0.2) is 0 Å². The van der Waals surface area contributed by atoms with Crippen LogP contribution >= 0.6 is 0 Å². The summed E-state index contributed by atoms with van der Waals surface area (Å²) in [6, 6.07) is 8.18. The van der Waals surface area contributed by atoms with Gasteiger partial charge in [-0.2, -0.15) is 0 Å². The van der Waals surface area contributed by atoms with Gasteiger partial charge in [0.2, 0.25) is 0 Å². The second-order valence-electron chi connectivity index (χ2n) is 4.36. The SMILES string of the molecule is NCC(O)c1ccccc1C1CCCC1. The first-order valence-electron chi connectivity index (χ1n) is 5.80. The lowest BCUT2D eigenvalue weighted by Crippen LogP contribution is -2.14. The molecule has 1 unspecified atom stereocenters. The van der Waals surface area contributed by atoms with Crippen molar-refractivity contribution in [2.75, 3.05) is 6.54 Å². The van der Waals surface area contributed by atoms with Crippen molar-refractivity contribution in [3.05, 3.63) is 35.4 Å². The monoisotopic (exact) mass is 205 g/mol. The molecule has 0 saturated heterocycles. The molecule has 1 aliphatic carbocycles. The van der Waals surface area contributed by atoms with Crippen molar-refractivity contribution in [1.29, 1.82) is 0 Å². The molecule has 15 heavy (non-hydrogen) atoms. The van der Waals surface area contributed by atoms with Crippen molar-refractivity contribution in [3.8, 4) is 0 Å². The molecular weight excluding hydrogens is 186 g/mol. The van der Waals surface area contributed by atoms with Gasteiger partial charge in [-0.3, -0.25) is 0 Å². The lowest BCUT2D eigenvalue weighted by molar-refractivity contribution is 0.185. The van der Waals surface area contributed by atoms with E-state index in [9.17, 15) is 5.11 Å². The fourth-order valence-electron chi connectivity index (χ4n) is 2.55. The van der Waals surface area contributed by atoms with E-state index in [1.165, 1.54) is 31.2 Å². The highest BCUT2D eigenvalue weighted by Crippen LogP contribution is 2.37. The number of hydrogen-bond acceptors (Lipinski definition) is 2. The quantitative estimate of drug-likeness (QED) is 0.795. The van der Waals surface area contributed by atoms with Crippen molar-refractivity contribution in [2.24, 2.45) is 5.73 Å². The summed E-state index contributed by atoms with van der Waals surface area (Å²) in [6.45, 7) is 0.309. The number of aliphatic hydroxyl groups is 1. The van der Waals surface area contributed by atoms with Gasteiger partial charge in [-0.05, 0) is 29.9 Å².